The van der Waals surface area contributed by atoms with Gasteiger partial charge in [-0.2, -0.15) is 0 Å². The largest absolute Gasteiger partial charge is 0.348 e. The Hall–Kier alpha value is -0.290. The summed E-state index contributed by atoms with van der Waals surface area (Å²) in [6.45, 7) is 3.10. The van der Waals surface area contributed by atoms with Gasteiger partial charge in [0.1, 0.15) is 4.88 Å². The average Bonchev–Trinajstić information content (AvgIpc) is 2.64. The molecule has 0 aromatic carbocycles. The Morgan fingerprint density at radius 2 is 2.41 bits per heavy atom. The fourth-order valence-electron chi connectivity index (χ4n) is 1.97. The van der Waals surface area contributed by atoms with Gasteiger partial charge in [-0.1, -0.05) is 11.6 Å². The molecule has 0 aliphatic carbocycles. The molecule has 0 radical (unpaired) electrons. The number of piperidine rings is 1. The van der Waals surface area contributed by atoms with E-state index in [0.29, 0.717) is 15.9 Å². The molecule has 1 saturated heterocycles. The predicted octanol–water partition coefficient (Wildman–Crippen LogP) is 2.69. The highest BCUT2D eigenvalue weighted by Crippen LogP contribution is 2.22. The Balaban J connectivity index is 0.00000144. The monoisotopic (exact) mass is 294 g/mol. The summed E-state index contributed by atoms with van der Waals surface area (Å²) in [6, 6.07) is 2.49. The fraction of sp³-hybridized carbons (Fsp3) is 0.545. The number of carbonyl (C=O) groups excluding carboxylic acids is 1. The molecular formula is C11H16Cl2N2OS. The van der Waals surface area contributed by atoms with E-state index in [2.05, 4.69) is 17.6 Å². The zero-order chi connectivity index (χ0) is 11.5. The molecule has 1 amide bonds. The van der Waals surface area contributed by atoms with Crippen molar-refractivity contribution >= 4 is 41.3 Å². The van der Waals surface area contributed by atoms with Crippen LogP contribution in [0.4, 0.5) is 0 Å². The first kappa shape index (κ1) is 14.8. The molecule has 1 aromatic rings. The smallest absolute Gasteiger partial charge is 0.263 e. The van der Waals surface area contributed by atoms with Gasteiger partial charge in [0.2, 0.25) is 0 Å². The minimum Gasteiger partial charge on any atom is -0.348 e. The Morgan fingerprint density at radius 3 is 3.00 bits per heavy atom. The lowest BCUT2D eigenvalue weighted by atomic mass is 10.0. The second-order valence-electron chi connectivity index (χ2n) is 4.15. The van der Waals surface area contributed by atoms with E-state index in [1.165, 1.54) is 11.3 Å². The zero-order valence-electron chi connectivity index (χ0n) is 9.53. The highest BCUT2D eigenvalue weighted by molar-refractivity contribution is 7.12. The molecule has 2 heterocycles. The number of hydrogen-bond acceptors (Lipinski definition) is 3. The quantitative estimate of drug-likeness (QED) is 0.881. The van der Waals surface area contributed by atoms with Gasteiger partial charge in [-0.15, -0.1) is 23.7 Å². The molecule has 17 heavy (non-hydrogen) atoms. The van der Waals surface area contributed by atoms with Crippen molar-refractivity contribution in [3.63, 3.8) is 0 Å². The van der Waals surface area contributed by atoms with Crippen molar-refractivity contribution < 1.29 is 4.79 Å². The SMILES string of the molecule is CC1CC(NC(=O)c2sccc2Cl)CCN1.Cl. The molecule has 3 nitrogen and oxygen atoms in total. The lowest BCUT2D eigenvalue weighted by molar-refractivity contribution is 0.0930. The molecule has 0 spiro atoms. The van der Waals surface area contributed by atoms with Gasteiger partial charge in [-0.25, -0.2) is 0 Å². The van der Waals surface area contributed by atoms with Crippen LogP contribution in [0.2, 0.25) is 5.02 Å². The first-order valence-electron chi connectivity index (χ1n) is 5.44. The van der Waals surface area contributed by atoms with Crippen LogP contribution < -0.4 is 10.6 Å². The van der Waals surface area contributed by atoms with Crippen LogP contribution >= 0.6 is 35.3 Å². The molecule has 1 aliphatic rings. The first-order chi connectivity index (χ1) is 7.66. The second kappa shape index (κ2) is 6.59. The standard InChI is InChI=1S/C11H15ClN2OS.ClH/c1-7-6-8(2-4-13-7)14-11(15)10-9(12)3-5-16-10;/h3,5,7-8,13H,2,4,6H2,1H3,(H,14,15);1H. The van der Waals surface area contributed by atoms with Crippen LogP contribution in [0.15, 0.2) is 11.4 Å². The van der Waals surface area contributed by atoms with Crippen LogP contribution in [0.1, 0.15) is 29.4 Å². The van der Waals surface area contributed by atoms with Gasteiger partial charge in [0, 0.05) is 12.1 Å². The average molecular weight is 295 g/mol. The third-order valence-corrected chi connectivity index (χ3v) is 4.12. The summed E-state index contributed by atoms with van der Waals surface area (Å²) in [5, 5.41) is 8.78. The highest BCUT2D eigenvalue weighted by atomic mass is 35.5. The van der Waals surface area contributed by atoms with Gasteiger partial charge in [0.15, 0.2) is 0 Å². The van der Waals surface area contributed by atoms with Crippen LogP contribution in [-0.2, 0) is 0 Å². The molecule has 0 bridgehead atoms. The molecular weight excluding hydrogens is 279 g/mol. The maximum Gasteiger partial charge on any atom is 0.263 e. The van der Waals surface area contributed by atoms with E-state index in [0.717, 1.165) is 19.4 Å². The molecule has 2 N–H and O–H groups in total. The normalized spacial score (nSPS) is 23.9. The van der Waals surface area contributed by atoms with E-state index >= 15 is 0 Å². The Kier molecular flexibility index (Phi) is 5.73. The van der Waals surface area contributed by atoms with Crippen molar-refractivity contribution in [2.24, 2.45) is 0 Å². The summed E-state index contributed by atoms with van der Waals surface area (Å²) in [7, 11) is 0. The molecule has 1 fully saturated rings. The Morgan fingerprint density at radius 1 is 1.65 bits per heavy atom. The summed E-state index contributed by atoms with van der Waals surface area (Å²) < 4.78 is 0. The topological polar surface area (TPSA) is 41.1 Å². The van der Waals surface area contributed by atoms with Gasteiger partial charge >= 0.3 is 0 Å². The molecule has 2 atom stereocenters. The number of thiophene rings is 1. The number of carbonyl (C=O) groups is 1. The van der Waals surface area contributed by atoms with Crippen LogP contribution in [-0.4, -0.2) is 24.5 Å². The third-order valence-electron chi connectivity index (χ3n) is 2.78. The van der Waals surface area contributed by atoms with Crippen molar-refractivity contribution in [3.05, 3.63) is 21.3 Å². The predicted molar refractivity (Wildman–Crippen MR) is 74.5 cm³/mol. The number of rotatable bonds is 2. The van der Waals surface area contributed by atoms with Crippen molar-refractivity contribution in [1.29, 1.82) is 0 Å². The summed E-state index contributed by atoms with van der Waals surface area (Å²) in [5.41, 5.74) is 0. The van der Waals surface area contributed by atoms with Gasteiger partial charge < -0.3 is 10.6 Å². The zero-order valence-corrected chi connectivity index (χ0v) is 11.9. The lowest BCUT2D eigenvalue weighted by Crippen LogP contribution is -2.46. The second-order valence-corrected chi connectivity index (χ2v) is 5.47. The summed E-state index contributed by atoms with van der Waals surface area (Å²) >= 11 is 7.31. The minimum absolute atomic E-state index is 0. The van der Waals surface area contributed by atoms with Crippen molar-refractivity contribution in [2.75, 3.05) is 6.54 Å². The molecule has 1 aliphatic heterocycles. The van der Waals surface area contributed by atoms with E-state index in [4.69, 9.17) is 11.6 Å². The van der Waals surface area contributed by atoms with Gasteiger partial charge in [-0.3, -0.25) is 4.79 Å². The fourth-order valence-corrected chi connectivity index (χ4v) is 3.01. The van der Waals surface area contributed by atoms with E-state index in [-0.39, 0.29) is 24.4 Å². The van der Waals surface area contributed by atoms with Gasteiger partial charge in [-0.05, 0) is 37.8 Å². The van der Waals surface area contributed by atoms with E-state index < -0.39 is 0 Å². The van der Waals surface area contributed by atoms with E-state index in [9.17, 15) is 4.79 Å². The molecule has 6 heteroatoms. The van der Waals surface area contributed by atoms with E-state index in [1.807, 2.05) is 5.38 Å². The van der Waals surface area contributed by atoms with E-state index in [1.54, 1.807) is 6.07 Å². The molecule has 96 valence electrons. The first-order valence-corrected chi connectivity index (χ1v) is 6.70. The summed E-state index contributed by atoms with van der Waals surface area (Å²) in [4.78, 5) is 12.5. The number of halogens is 2. The van der Waals surface area contributed by atoms with Gasteiger partial charge in [0.25, 0.3) is 5.91 Å². The Bertz CT molecular complexity index is 383. The van der Waals surface area contributed by atoms with Crippen molar-refractivity contribution in [2.45, 2.75) is 31.8 Å². The Labute approximate surface area is 116 Å². The van der Waals surface area contributed by atoms with Gasteiger partial charge in [0.05, 0.1) is 5.02 Å². The van der Waals surface area contributed by atoms with Crippen molar-refractivity contribution in [3.8, 4) is 0 Å². The summed E-state index contributed by atoms with van der Waals surface area (Å²) in [6.07, 6.45) is 1.97. The number of nitrogens with one attached hydrogen (secondary N) is 2. The molecule has 2 unspecified atom stereocenters. The maximum absolute atomic E-state index is 11.9. The number of hydrogen-bond donors (Lipinski definition) is 2. The lowest BCUT2D eigenvalue weighted by Gasteiger charge is -2.28. The molecule has 0 saturated carbocycles. The molecule has 2 rings (SSSR count). The van der Waals surface area contributed by atoms with Crippen LogP contribution in [0, 0.1) is 0 Å². The van der Waals surface area contributed by atoms with Crippen molar-refractivity contribution in [1.82, 2.24) is 10.6 Å². The number of amides is 1. The summed E-state index contributed by atoms with van der Waals surface area (Å²) in [5.74, 6) is -0.0425. The highest BCUT2D eigenvalue weighted by Gasteiger charge is 2.21. The van der Waals surface area contributed by atoms with Crippen LogP contribution in [0.3, 0.4) is 0 Å². The maximum atomic E-state index is 11.9. The third kappa shape index (κ3) is 3.85. The molecule has 1 aromatic heterocycles. The minimum atomic E-state index is -0.0425. The van der Waals surface area contributed by atoms with Crippen LogP contribution in [0.25, 0.3) is 0 Å². The van der Waals surface area contributed by atoms with Crippen LogP contribution in [0.5, 0.6) is 0 Å².